The second-order valence-corrected chi connectivity index (χ2v) is 7.93. The van der Waals surface area contributed by atoms with Gasteiger partial charge in [0.15, 0.2) is 9.92 Å². The van der Waals surface area contributed by atoms with Crippen molar-refractivity contribution in [2.45, 2.75) is 44.4 Å². The number of carbonyl (C=O) groups excluding carboxylic acids is 1. The van der Waals surface area contributed by atoms with Gasteiger partial charge in [0.2, 0.25) is 0 Å². The van der Waals surface area contributed by atoms with Gasteiger partial charge in [0.25, 0.3) is 5.91 Å². The van der Waals surface area contributed by atoms with Crippen LogP contribution in [0.4, 0.5) is 0 Å². The van der Waals surface area contributed by atoms with Crippen LogP contribution >= 0.6 is 11.3 Å². The zero-order valence-corrected chi connectivity index (χ0v) is 13.3. The van der Waals surface area contributed by atoms with E-state index in [9.17, 15) is 9.00 Å². The Morgan fingerprint density at radius 1 is 1.47 bits per heavy atom. The van der Waals surface area contributed by atoms with Crippen molar-refractivity contribution in [3.05, 3.63) is 16.5 Å². The fourth-order valence-electron chi connectivity index (χ4n) is 1.62. The van der Waals surface area contributed by atoms with Crippen LogP contribution in [0.25, 0.3) is 0 Å². The van der Waals surface area contributed by atoms with Crippen LogP contribution < -0.4 is 10.9 Å². The maximum atomic E-state index is 12.4. The van der Waals surface area contributed by atoms with Crippen LogP contribution in [0.3, 0.4) is 0 Å². The second kappa shape index (κ2) is 6.13. The molecule has 0 aliphatic carbocycles. The summed E-state index contributed by atoms with van der Waals surface area (Å²) < 4.78 is 16.5. The van der Waals surface area contributed by atoms with Gasteiger partial charge in [-0.15, -0.1) is 15.7 Å². The van der Waals surface area contributed by atoms with E-state index in [1.54, 1.807) is 0 Å². The molecule has 0 spiro atoms. The molecule has 7 heteroatoms. The highest BCUT2D eigenvalue weighted by Crippen LogP contribution is 2.26. The van der Waals surface area contributed by atoms with Crippen molar-refractivity contribution in [2.75, 3.05) is 0 Å². The summed E-state index contributed by atoms with van der Waals surface area (Å²) in [6.45, 7) is 7.64. The minimum atomic E-state index is -3.19. The zero-order chi connectivity index (χ0) is 14.8. The molecule has 108 valence electrons. The first kappa shape index (κ1) is 16.3. The molecule has 0 radical (unpaired) electrons. The van der Waals surface area contributed by atoms with Gasteiger partial charge in [-0.05, 0) is 42.7 Å². The fraction of sp³-hybridized carbons (Fsp3) is 0.583. The fourth-order valence-corrected chi connectivity index (χ4v) is 4.31. The van der Waals surface area contributed by atoms with E-state index >= 15 is 0 Å². The summed E-state index contributed by atoms with van der Waals surface area (Å²) >= 11 is 1.26. The number of hydrogen-bond donors (Lipinski definition) is 2. The lowest BCUT2D eigenvalue weighted by molar-refractivity contribution is -0.119. The number of carbonyl (C=O) groups is 1. The molecule has 0 saturated carbocycles. The molecule has 0 aliphatic heterocycles. The van der Waals surface area contributed by atoms with Crippen molar-refractivity contribution in [3.8, 4) is 0 Å². The SMILES string of the molecule is Cc1csc(S(N)(=O)=NC(=O)[C@@H](N)CC(C)C)c1C. The van der Waals surface area contributed by atoms with E-state index in [1.165, 1.54) is 11.3 Å². The molecule has 5 nitrogen and oxygen atoms in total. The highest BCUT2D eigenvalue weighted by atomic mass is 32.2. The van der Waals surface area contributed by atoms with Crippen molar-refractivity contribution in [2.24, 2.45) is 21.2 Å². The van der Waals surface area contributed by atoms with Crippen molar-refractivity contribution in [1.82, 2.24) is 0 Å². The van der Waals surface area contributed by atoms with Crippen LogP contribution in [-0.4, -0.2) is 16.2 Å². The Morgan fingerprint density at radius 3 is 2.47 bits per heavy atom. The quantitative estimate of drug-likeness (QED) is 0.889. The third-order valence-corrected chi connectivity index (χ3v) is 6.06. The second-order valence-electron chi connectivity index (χ2n) is 5.07. The first-order valence-corrected chi connectivity index (χ1v) is 8.50. The number of hydrogen-bond acceptors (Lipinski definition) is 4. The highest BCUT2D eigenvalue weighted by molar-refractivity contribution is 7.93. The normalized spacial score (nSPS) is 16.2. The molecular weight excluding hydrogens is 282 g/mol. The summed E-state index contributed by atoms with van der Waals surface area (Å²) in [5.41, 5.74) is 7.54. The van der Waals surface area contributed by atoms with Crippen molar-refractivity contribution >= 4 is 27.2 Å². The van der Waals surface area contributed by atoms with E-state index in [1.807, 2.05) is 33.1 Å². The first-order chi connectivity index (χ1) is 8.65. The zero-order valence-electron chi connectivity index (χ0n) is 11.7. The third kappa shape index (κ3) is 4.10. The molecule has 0 aromatic carbocycles. The van der Waals surface area contributed by atoms with Crippen molar-refractivity contribution in [1.29, 1.82) is 0 Å². The Morgan fingerprint density at radius 2 is 2.05 bits per heavy atom. The van der Waals surface area contributed by atoms with Gasteiger partial charge < -0.3 is 5.73 Å². The van der Waals surface area contributed by atoms with Crippen LogP contribution in [0.15, 0.2) is 14.0 Å². The van der Waals surface area contributed by atoms with Crippen LogP contribution in [0.1, 0.15) is 31.4 Å². The van der Waals surface area contributed by atoms with Crippen LogP contribution in [-0.2, 0) is 14.7 Å². The van der Waals surface area contributed by atoms with Gasteiger partial charge in [0, 0.05) is 0 Å². The Balaban J connectivity index is 3.06. The van der Waals surface area contributed by atoms with Gasteiger partial charge in [-0.2, -0.15) is 0 Å². The maximum absolute atomic E-state index is 12.4. The number of thiophene rings is 1. The molecule has 4 N–H and O–H groups in total. The number of nitrogens with zero attached hydrogens (tertiary/aromatic N) is 1. The number of nitrogens with two attached hydrogens (primary N) is 2. The maximum Gasteiger partial charge on any atom is 0.271 e. The topological polar surface area (TPSA) is 98.5 Å². The van der Waals surface area contributed by atoms with E-state index in [0.717, 1.165) is 11.1 Å². The summed E-state index contributed by atoms with van der Waals surface area (Å²) in [6, 6.07) is -0.745. The molecule has 0 aliphatic rings. The number of aryl methyl sites for hydroxylation is 1. The van der Waals surface area contributed by atoms with Crippen molar-refractivity contribution < 1.29 is 9.00 Å². The molecule has 2 atom stereocenters. The lowest BCUT2D eigenvalue weighted by atomic mass is 10.0. The van der Waals surface area contributed by atoms with Gasteiger partial charge in [-0.1, -0.05) is 13.8 Å². The Kier molecular flexibility index (Phi) is 5.26. The van der Waals surface area contributed by atoms with Gasteiger partial charge in [-0.3, -0.25) is 4.79 Å². The lowest BCUT2D eigenvalue weighted by Gasteiger charge is -2.10. The third-order valence-electron chi connectivity index (χ3n) is 2.77. The molecule has 1 unspecified atom stereocenters. The molecule has 1 rings (SSSR count). The van der Waals surface area contributed by atoms with Crippen LogP contribution in [0, 0.1) is 19.8 Å². The van der Waals surface area contributed by atoms with Crippen molar-refractivity contribution in [3.63, 3.8) is 0 Å². The van der Waals surface area contributed by atoms with Gasteiger partial charge >= 0.3 is 0 Å². The summed E-state index contributed by atoms with van der Waals surface area (Å²) in [5.74, 6) is -0.319. The van der Waals surface area contributed by atoms with Crippen LogP contribution in [0.5, 0.6) is 0 Å². The Bertz CT molecular complexity index is 584. The molecule has 1 heterocycles. The minimum Gasteiger partial charge on any atom is -0.320 e. The average Bonchev–Trinajstić information content (AvgIpc) is 2.58. The van der Waals surface area contributed by atoms with Gasteiger partial charge in [-0.25, -0.2) is 9.35 Å². The molecule has 1 aromatic heterocycles. The number of rotatable bonds is 4. The summed E-state index contributed by atoms with van der Waals surface area (Å²) in [6.07, 6.45) is 0.500. The average molecular weight is 303 g/mol. The Labute approximate surface area is 118 Å². The lowest BCUT2D eigenvalue weighted by Crippen LogP contribution is -2.32. The van der Waals surface area contributed by atoms with E-state index in [2.05, 4.69) is 4.36 Å². The van der Waals surface area contributed by atoms with Crippen LogP contribution in [0.2, 0.25) is 0 Å². The molecule has 1 aromatic rings. The predicted molar refractivity (Wildman–Crippen MR) is 79.3 cm³/mol. The molecule has 1 amide bonds. The molecule has 0 bridgehead atoms. The molecule has 0 fully saturated rings. The Hall–Kier alpha value is -0.760. The summed E-state index contributed by atoms with van der Waals surface area (Å²) in [5, 5.41) is 7.57. The minimum absolute atomic E-state index is 0.272. The van der Waals surface area contributed by atoms with E-state index in [-0.39, 0.29) is 5.92 Å². The van der Waals surface area contributed by atoms with Gasteiger partial charge in [0.1, 0.15) is 4.21 Å². The van der Waals surface area contributed by atoms with E-state index in [0.29, 0.717) is 10.6 Å². The molecule has 0 saturated heterocycles. The largest absolute Gasteiger partial charge is 0.320 e. The highest BCUT2D eigenvalue weighted by Gasteiger charge is 2.20. The first-order valence-electron chi connectivity index (χ1n) is 6.04. The van der Waals surface area contributed by atoms with E-state index in [4.69, 9.17) is 10.9 Å². The molecular formula is C12H21N3O2S2. The predicted octanol–water partition coefficient (Wildman–Crippen LogP) is 1.97. The number of amides is 1. The standard InChI is InChI=1S/C12H21N3O2S2/c1-7(2)5-10(13)11(16)15-19(14,17)12-9(4)8(3)6-18-12/h6-7,10H,5,13H2,1-4H3,(H2,14,15,16,17)/t10-,19?/m0/s1. The van der Waals surface area contributed by atoms with Gasteiger partial charge in [0.05, 0.1) is 6.04 Å². The smallest absolute Gasteiger partial charge is 0.271 e. The molecule has 19 heavy (non-hydrogen) atoms. The monoisotopic (exact) mass is 303 g/mol. The van der Waals surface area contributed by atoms with E-state index < -0.39 is 21.9 Å². The summed E-state index contributed by atoms with van der Waals surface area (Å²) in [4.78, 5) is 11.8. The summed E-state index contributed by atoms with van der Waals surface area (Å²) in [7, 11) is -3.19.